The van der Waals surface area contributed by atoms with Crippen molar-refractivity contribution < 1.29 is 4.74 Å². The van der Waals surface area contributed by atoms with Gasteiger partial charge in [0.15, 0.2) is 0 Å². The van der Waals surface area contributed by atoms with Gasteiger partial charge in [0.05, 0.1) is 18.8 Å². The highest BCUT2D eigenvalue weighted by atomic mass is 35.5. The second-order valence-corrected chi connectivity index (χ2v) is 5.07. The SMILES string of the molecule is Nc1cc(Cl)nc(N2CCOC3CCCC32)c1. The van der Waals surface area contributed by atoms with Gasteiger partial charge in [-0.05, 0) is 25.3 Å². The monoisotopic (exact) mass is 253 g/mol. The van der Waals surface area contributed by atoms with Crippen LogP contribution in [0.4, 0.5) is 11.5 Å². The summed E-state index contributed by atoms with van der Waals surface area (Å²) in [7, 11) is 0. The Labute approximate surface area is 106 Å². The van der Waals surface area contributed by atoms with Crippen LogP contribution >= 0.6 is 11.6 Å². The molecule has 2 atom stereocenters. The molecule has 2 unspecified atom stereocenters. The lowest BCUT2D eigenvalue weighted by Gasteiger charge is -2.38. The molecule has 2 aliphatic rings. The second-order valence-electron chi connectivity index (χ2n) is 4.68. The highest BCUT2D eigenvalue weighted by Gasteiger charge is 2.36. The fraction of sp³-hybridized carbons (Fsp3) is 0.583. The minimum Gasteiger partial charge on any atom is -0.399 e. The number of nitrogen functional groups attached to an aromatic ring is 1. The summed E-state index contributed by atoms with van der Waals surface area (Å²) < 4.78 is 5.78. The van der Waals surface area contributed by atoms with E-state index in [0.717, 1.165) is 25.4 Å². The molecule has 2 heterocycles. The molecule has 1 aliphatic carbocycles. The first kappa shape index (κ1) is 11.1. The summed E-state index contributed by atoms with van der Waals surface area (Å²) >= 11 is 5.96. The molecule has 1 aromatic rings. The van der Waals surface area contributed by atoms with Gasteiger partial charge in [-0.2, -0.15) is 0 Å². The topological polar surface area (TPSA) is 51.4 Å². The maximum absolute atomic E-state index is 5.96. The molecule has 17 heavy (non-hydrogen) atoms. The van der Waals surface area contributed by atoms with Crippen LogP contribution in [0.2, 0.25) is 5.15 Å². The maximum atomic E-state index is 5.96. The predicted molar refractivity (Wildman–Crippen MR) is 68.4 cm³/mol. The molecule has 2 fully saturated rings. The smallest absolute Gasteiger partial charge is 0.133 e. The van der Waals surface area contributed by atoms with E-state index >= 15 is 0 Å². The van der Waals surface area contributed by atoms with Crippen LogP contribution in [0, 0.1) is 0 Å². The predicted octanol–water partition coefficient (Wildman–Crippen LogP) is 2.07. The average molecular weight is 254 g/mol. The van der Waals surface area contributed by atoms with Crippen LogP contribution in [0.5, 0.6) is 0 Å². The normalized spacial score (nSPS) is 28.2. The minimum absolute atomic E-state index is 0.353. The van der Waals surface area contributed by atoms with Gasteiger partial charge in [-0.3, -0.25) is 0 Å². The number of morpholine rings is 1. The number of halogens is 1. The molecule has 3 rings (SSSR count). The standard InChI is InChI=1S/C12H16ClN3O/c13-11-6-8(14)7-12(15-11)16-4-5-17-10-3-1-2-9(10)16/h6-7,9-10H,1-5H2,(H2,14,15). The first-order valence-electron chi connectivity index (χ1n) is 6.05. The number of nitrogens with two attached hydrogens (primary N) is 1. The zero-order valence-corrected chi connectivity index (χ0v) is 10.4. The van der Waals surface area contributed by atoms with Gasteiger partial charge in [0.2, 0.25) is 0 Å². The molecule has 1 saturated heterocycles. The van der Waals surface area contributed by atoms with E-state index in [0.29, 0.717) is 23.0 Å². The molecule has 1 aromatic heterocycles. The van der Waals surface area contributed by atoms with Crippen LogP contribution < -0.4 is 10.6 Å². The van der Waals surface area contributed by atoms with Crippen LogP contribution in [-0.4, -0.2) is 30.3 Å². The van der Waals surface area contributed by atoms with Crippen molar-refractivity contribution in [2.75, 3.05) is 23.8 Å². The zero-order chi connectivity index (χ0) is 11.8. The van der Waals surface area contributed by atoms with Gasteiger partial charge in [-0.1, -0.05) is 11.6 Å². The maximum Gasteiger partial charge on any atom is 0.133 e. The quantitative estimate of drug-likeness (QED) is 0.779. The molecule has 92 valence electrons. The van der Waals surface area contributed by atoms with Crippen LogP contribution in [0.3, 0.4) is 0 Å². The Balaban J connectivity index is 1.91. The number of hydrogen-bond acceptors (Lipinski definition) is 4. The van der Waals surface area contributed by atoms with Crippen molar-refractivity contribution in [2.45, 2.75) is 31.4 Å². The van der Waals surface area contributed by atoms with Crippen LogP contribution in [0.15, 0.2) is 12.1 Å². The second kappa shape index (κ2) is 4.35. The Hall–Kier alpha value is -1.00. The third-order valence-corrected chi connectivity index (χ3v) is 3.77. The van der Waals surface area contributed by atoms with Crippen molar-refractivity contribution in [3.8, 4) is 0 Å². The third kappa shape index (κ3) is 2.07. The lowest BCUT2D eigenvalue weighted by molar-refractivity contribution is 0.0253. The van der Waals surface area contributed by atoms with E-state index in [1.165, 1.54) is 12.8 Å². The summed E-state index contributed by atoms with van der Waals surface area (Å²) in [4.78, 5) is 6.67. The summed E-state index contributed by atoms with van der Waals surface area (Å²) in [6.45, 7) is 1.63. The van der Waals surface area contributed by atoms with Gasteiger partial charge in [-0.15, -0.1) is 0 Å². The van der Waals surface area contributed by atoms with Gasteiger partial charge in [-0.25, -0.2) is 4.98 Å². The first-order valence-corrected chi connectivity index (χ1v) is 6.43. The first-order chi connectivity index (χ1) is 8.24. The lowest BCUT2D eigenvalue weighted by atomic mass is 10.1. The molecule has 1 aliphatic heterocycles. The van der Waals surface area contributed by atoms with Crippen LogP contribution in [-0.2, 0) is 4.74 Å². The number of rotatable bonds is 1. The van der Waals surface area contributed by atoms with Gasteiger partial charge < -0.3 is 15.4 Å². The summed E-state index contributed by atoms with van der Waals surface area (Å²) in [5.74, 6) is 0.884. The van der Waals surface area contributed by atoms with E-state index < -0.39 is 0 Å². The fourth-order valence-electron chi connectivity index (χ4n) is 2.86. The average Bonchev–Trinajstić information content (AvgIpc) is 2.75. The van der Waals surface area contributed by atoms with Crippen LogP contribution in [0.25, 0.3) is 0 Å². The summed E-state index contributed by atoms with van der Waals surface area (Å²) in [5, 5.41) is 0.459. The molecule has 0 bridgehead atoms. The van der Waals surface area contributed by atoms with Gasteiger partial charge in [0.25, 0.3) is 0 Å². The molecule has 5 heteroatoms. The number of fused-ring (bicyclic) bond motifs is 1. The number of ether oxygens (including phenoxy) is 1. The van der Waals surface area contributed by atoms with Crippen molar-refractivity contribution >= 4 is 23.1 Å². The molecule has 4 nitrogen and oxygen atoms in total. The number of aromatic nitrogens is 1. The zero-order valence-electron chi connectivity index (χ0n) is 9.60. The Morgan fingerprint density at radius 1 is 1.41 bits per heavy atom. The Morgan fingerprint density at radius 2 is 2.29 bits per heavy atom. The van der Waals surface area contributed by atoms with Crippen LogP contribution in [0.1, 0.15) is 19.3 Å². The van der Waals surface area contributed by atoms with Gasteiger partial charge in [0, 0.05) is 18.3 Å². The summed E-state index contributed by atoms with van der Waals surface area (Å²) in [5.41, 5.74) is 6.49. The molecule has 2 N–H and O–H groups in total. The number of anilines is 2. The Morgan fingerprint density at radius 3 is 3.12 bits per heavy atom. The molecule has 0 spiro atoms. The number of pyridine rings is 1. The van der Waals surface area contributed by atoms with E-state index in [4.69, 9.17) is 22.1 Å². The number of hydrogen-bond donors (Lipinski definition) is 1. The van der Waals surface area contributed by atoms with E-state index in [-0.39, 0.29) is 0 Å². The molecule has 0 amide bonds. The van der Waals surface area contributed by atoms with Crippen molar-refractivity contribution in [1.82, 2.24) is 4.98 Å². The Bertz CT molecular complexity index is 406. The largest absolute Gasteiger partial charge is 0.399 e. The third-order valence-electron chi connectivity index (χ3n) is 3.58. The van der Waals surface area contributed by atoms with E-state index in [1.807, 2.05) is 6.07 Å². The summed E-state index contributed by atoms with van der Waals surface area (Å²) in [6.07, 6.45) is 3.89. The fourth-order valence-corrected chi connectivity index (χ4v) is 3.07. The van der Waals surface area contributed by atoms with Crippen molar-refractivity contribution in [1.29, 1.82) is 0 Å². The highest BCUT2D eigenvalue weighted by Crippen LogP contribution is 2.33. The van der Waals surface area contributed by atoms with E-state index in [9.17, 15) is 0 Å². The van der Waals surface area contributed by atoms with Gasteiger partial charge in [0.1, 0.15) is 11.0 Å². The van der Waals surface area contributed by atoms with Crippen molar-refractivity contribution in [3.63, 3.8) is 0 Å². The van der Waals surface area contributed by atoms with Crippen molar-refractivity contribution in [2.24, 2.45) is 0 Å². The van der Waals surface area contributed by atoms with Gasteiger partial charge >= 0.3 is 0 Å². The molecule has 0 radical (unpaired) electrons. The Kier molecular flexibility index (Phi) is 2.84. The minimum atomic E-state index is 0.353. The molecular formula is C12H16ClN3O. The van der Waals surface area contributed by atoms with E-state index in [2.05, 4.69) is 9.88 Å². The summed E-state index contributed by atoms with van der Waals surface area (Å²) in [6, 6.07) is 4.01. The van der Waals surface area contributed by atoms with E-state index in [1.54, 1.807) is 6.07 Å². The lowest BCUT2D eigenvalue weighted by Crippen LogP contribution is -2.49. The number of nitrogens with zero attached hydrogens (tertiary/aromatic N) is 2. The highest BCUT2D eigenvalue weighted by molar-refractivity contribution is 6.29. The van der Waals surface area contributed by atoms with Crippen molar-refractivity contribution in [3.05, 3.63) is 17.3 Å². The molecule has 1 saturated carbocycles. The molecular weight excluding hydrogens is 238 g/mol. The molecule has 0 aromatic carbocycles.